The Balaban J connectivity index is -0.000000124. The first kappa shape index (κ1) is 13.4. The van der Waals surface area contributed by atoms with Crippen LogP contribution < -0.4 is 18.9 Å². The molecule has 1 aromatic rings. The van der Waals surface area contributed by atoms with Crippen LogP contribution in [0.2, 0.25) is 0 Å². The maximum atomic E-state index is 8.70. The summed E-state index contributed by atoms with van der Waals surface area (Å²) >= 11 is 0. The molecule has 0 aromatic heterocycles. The Kier molecular flexibility index (Phi) is 12.0. The van der Waals surface area contributed by atoms with Gasteiger partial charge in [-0.15, -0.1) is 9.79 Å². The minimum atomic E-state index is -2.87. The van der Waals surface area contributed by atoms with Crippen molar-refractivity contribution in [2.75, 3.05) is 0 Å². The van der Waals surface area contributed by atoms with Gasteiger partial charge in [-0.05, 0) is 0 Å². The number of hydrogen-bond acceptors (Lipinski definition) is 1. The van der Waals surface area contributed by atoms with E-state index in [1.807, 2.05) is 36.4 Å². The van der Waals surface area contributed by atoms with Gasteiger partial charge in [-0.3, -0.25) is 0 Å². The third-order valence-electron chi connectivity index (χ3n) is 0.667. The SMILES string of the molecule is O=[P+](O)O.[H-].[Li+].c1ccccc1. The summed E-state index contributed by atoms with van der Waals surface area (Å²) in [5, 5.41) is 0. The number of benzene rings is 1. The Morgan fingerprint density at radius 3 is 1.09 bits per heavy atom. The molecule has 1 aromatic carbocycles. The Labute approximate surface area is 79.7 Å². The molecule has 0 bridgehead atoms. The maximum absolute atomic E-state index is 8.70. The average Bonchev–Trinajstić information content (AvgIpc) is 1.90. The molecular formula is C6H9LiO3P+. The fourth-order valence-electron chi connectivity index (χ4n) is 0.385. The fourth-order valence-corrected chi connectivity index (χ4v) is 0.385. The van der Waals surface area contributed by atoms with Crippen LogP contribution in [0.4, 0.5) is 0 Å². The minimum Gasteiger partial charge on any atom is -1.00 e. The van der Waals surface area contributed by atoms with Crippen LogP contribution in [-0.4, -0.2) is 9.79 Å². The van der Waals surface area contributed by atoms with Gasteiger partial charge in [0.05, 0.1) is 0 Å². The van der Waals surface area contributed by atoms with E-state index in [0.717, 1.165) is 0 Å². The summed E-state index contributed by atoms with van der Waals surface area (Å²) in [6, 6.07) is 12.0. The van der Waals surface area contributed by atoms with Gasteiger partial charge in [0, 0.05) is 4.57 Å². The van der Waals surface area contributed by atoms with E-state index in [1.54, 1.807) is 0 Å². The molecule has 2 N–H and O–H groups in total. The molecule has 0 unspecified atom stereocenters. The van der Waals surface area contributed by atoms with Gasteiger partial charge in [-0.2, -0.15) is 0 Å². The van der Waals surface area contributed by atoms with E-state index in [0.29, 0.717) is 0 Å². The summed E-state index contributed by atoms with van der Waals surface area (Å²) in [5.74, 6) is 0. The van der Waals surface area contributed by atoms with Crippen LogP contribution in [0.15, 0.2) is 36.4 Å². The topological polar surface area (TPSA) is 57.5 Å². The van der Waals surface area contributed by atoms with E-state index < -0.39 is 8.25 Å². The molecule has 0 amide bonds. The number of rotatable bonds is 0. The predicted molar refractivity (Wildman–Crippen MR) is 39.6 cm³/mol. The van der Waals surface area contributed by atoms with E-state index in [4.69, 9.17) is 14.4 Å². The molecular weight excluding hydrogens is 158 g/mol. The predicted octanol–water partition coefficient (Wildman–Crippen LogP) is -1.57. The smallest absolute Gasteiger partial charge is 1.00 e. The summed E-state index contributed by atoms with van der Waals surface area (Å²) in [4.78, 5) is 14.2. The van der Waals surface area contributed by atoms with Crippen molar-refractivity contribution in [2.45, 2.75) is 0 Å². The second kappa shape index (κ2) is 9.84. The van der Waals surface area contributed by atoms with Crippen LogP contribution in [0, 0.1) is 0 Å². The van der Waals surface area contributed by atoms with Gasteiger partial charge in [-0.1, -0.05) is 36.4 Å². The normalized spacial score (nSPS) is 6.73. The Bertz CT molecular complexity index is 155. The molecule has 0 saturated carbocycles. The van der Waals surface area contributed by atoms with Gasteiger partial charge in [0.1, 0.15) is 0 Å². The molecule has 0 heterocycles. The standard InChI is InChI=1S/C6H6.Li.HO3P.H/c1-2-4-6-5-3-1;;1-4(2)3;/h1-6H;;(H-,1,2,3);/q;+1;;-1/p+1. The zero-order valence-electron chi connectivity index (χ0n) is 7.21. The Morgan fingerprint density at radius 2 is 1.00 bits per heavy atom. The van der Waals surface area contributed by atoms with E-state index in [-0.39, 0.29) is 20.3 Å². The summed E-state index contributed by atoms with van der Waals surface area (Å²) in [6.45, 7) is 0. The fraction of sp³-hybridized carbons (Fsp3) is 0. The summed E-state index contributed by atoms with van der Waals surface area (Å²) in [6.07, 6.45) is 0. The van der Waals surface area contributed by atoms with Gasteiger partial charge >= 0.3 is 27.1 Å². The molecule has 11 heavy (non-hydrogen) atoms. The van der Waals surface area contributed by atoms with Crippen molar-refractivity contribution in [1.29, 1.82) is 0 Å². The van der Waals surface area contributed by atoms with E-state index in [2.05, 4.69) is 0 Å². The molecule has 0 atom stereocenters. The van der Waals surface area contributed by atoms with Crippen LogP contribution in [0.25, 0.3) is 0 Å². The molecule has 0 fully saturated rings. The first-order valence-corrected chi connectivity index (χ1v) is 3.75. The van der Waals surface area contributed by atoms with Crippen molar-refractivity contribution >= 4 is 8.25 Å². The molecule has 0 aliphatic rings. The zero-order valence-corrected chi connectivity index (χ0v) is 7.11. The van der Waals surface area contributed by atoms with Crippen molar-refractivity contribution in [1.82, 2.24) is 0 Å². The second-order valence-electron chi connectivity index (χ2n) is 1.41. The van der Waals surface area contributed by atoms with Crippen LogP contribution in [0.3, 0.4) is 0 Å². The molecule has 1 rings (SSSR count). The molecule has 56 valence electrons. The van der Waals surface area contributed by atoms with Gasteiger partial charge in [0.25, 0.3) is 0 Å². The first-order chi connectivity index (χ1) is 4.73. The molecule has 0 radical (unpaired) electrons. The van der Waals surface area contributed by atoms with Gasteiger partial charge in [-0.25, -0.2) is 0 Å². The minimum absolute atomic E-state index is 0. The van der Waals surface area contributed by atoms with Crippen LogP contribution >= 0.6 is 8.25 Å². The van der Waals surface area contributed by atoms with Crippen molar-refractivity contribution in [2.24, 2.45) is 0 Å². The van der Waals surface area contributed by atoms with Crippen LogP contribution in [0.5, 0.6) is 0 Å². The molecule has 0 aliphatic heterocycles. The summed E-state index contributed by atoms with van der Waals surface area (Å²) < 4.78 is 8.70. The largest absolute Gasteiger partial charge is 1.00 e. The van der Waals surface area contributed by atoms with Crippen LogP contribution in [0.1, 0.15) is 1.43 Å². The maximum Gasteiger partial charge on any atom is 1.00 e. The van der Waals surface area contributed by atoms with Crippen molar-refractivity contribution in [3.8, 4) is 0 Å². The Hall–Kier alpha value is -0.163. The molecule has 3 nitrogen and oxygen atoms in total. The van der Waals surface area contributed by atoms with Crippen molar-refractivity contribution < 1.29 is 34.6 Å². The van der Waals surface area contributed by atoms with Crippen molar-refractivity contribution in [3.63, 3.8) is 0 Å². The van der Waals surface area contributed by atoms with Gasteiger partial charge in [0.2, 0.25) is 0 Å². The monoisotopic (exact) mass is 167 g/mol. The molecule has 0 spiro atoms. The first-order valence-electron chi connectivity index (χ1n) is 2.58. The second-order valence-corrected chi connectivity index (χ2v) is 1.91. The summed E-state index contributed by atoms with van der Waals surface area (Å²) in [5.41, 5.74) is 0. The third kappa shape index (κ3) is 17.7. The molecule has 5 heteroatoms. The average molecular weight is 167 g/mol. The molecule has 0 aliphatic carbocycles. The third-order valence-corrected chi connectivity index (χ3v) is 0.667. The van der Waals surface area contributed by atoms with E-state index in [1.165, 1.54) is 0 Å². The quantitative estimate of drug-likeness (QED) is 0.362. The van der Waals surface area contributed by atoms with Crippen LogP contribution in [-0.2, 0) is 4.57 Å². The van der Waals surface area contributed by atoms with E-state index in [9.17, 15) is 0 Å². The number of hydrogen-bond donors (Lipinski definition) is 2. The summed E-state index contributed by atoms with van der Waals surface area (Å²) in [7, 11) is -2.87. The Morgan fingerprint density at radius 1 is 0.909 bits per heavy atom. The van der Waals surface area contributed by atoms with Gasteiger partial charge < -0.3 is 1.43 Å². The van der Waals surface area contributed by atoms with E-state index >= 15 is 0 Å². The van der Waals surface area contributed by atoms with Gasteiger partial charge in [0.15, 0.2) is 0 Å². The zero-order chi connectivity index (χ0) is 7.82. The molecule has 0 saturated heterocycles. The van der Waals surface area contributed by atoms with Crippen molar-refractivity contribution in [3.05, 3.63) is 36.4 Å².